The number of amides is 1. The molecule has 0 spiro atoms. The normalized spacial score (nSPS) is 10.9. The number of hydrogen-bond donors (Lipinski definition) is 0. The van der Waals surface area contributed by atoms with Gasteiger partial charge in [-0.25, -0.2) is 8.42 Å². The lowest BCUT2D eigenvalue weighted by molar-refractivity contribution is 0.0989. The SMILES string of the molecule is C=CCN(C(=O)c1cccc(S(=O)(=O)N(CC=C)c2ccccc2Cl)c1)c1ccccc1. The number of carbonyl (C=O) groups excluding carboxylic acids is 1. The molecule has 0 saturated heterocycles. The molecule has 0 unspecified atom stereocenters. The molecule has 5 nitrogen and oxygen atoms in total. The standard InChI is InChI=1S/C25H23ClN2O3S/c1-3-17-27(21-12-6-5-7-13-21)25(29)20-11-10-14-22(19-20)32(30,31)28(18-4-2)24-16-9-8-15-23(24)26/h3-16,19H,1-2,17-18H2. The van der Waals surface area contributed by atoms with Crippen molar-refractivity contribution >= 4 is 38.9 Å². The highest BCUT2D eigenvalue weighted by molar-refractivity contribution is 7.92. The first-order chi connectivity index (χ1) is 15.4. The first kappa shape index (κ1) is 23.3. The van der Waals surface area contributed by atoms with Gasteiger partial charge in [-0.15, -0.1) is 13.2 Å². The molecular weight excluding hydrogens is 444 g/mol. The van der Waals surface area contributed by atoms with E-state index in [2.05, 4.69) is 13.2 Å². The fraction of sp³-hybridized carbons (Fsp3) is 0.0800. The zero-order valence-electron chi connectivity index (χ0n) is 17.4. The Bertz CT molecular complexity index is 1230. The number of anilines is 2. The predicted octanol–water partition coefficient (Wildman–Crippen LogP) is 5.55. The van der Waals surface area contributed by atoms with Crippen LogP contribution in [0.5, 0.6) is 0 Å². The molecule has 3 aromatic rings. The van der Waals surface area contributed by atoms with E-state index >= 15 is 0 Å². The van der Waals surface area contributed by atoms with Crippen LogP contribution in [0.3, 0.4) is 0 Å². The van der Waals surface area contributed by atoms with Gasteiger partial charge in [-0.1, -0.05) is 60.2 Å². The number of sulfonamides is 1. The molecule has 0 aliphatic heterocycles. The van der Waals surface area contributed by atoms with Crippen molar-refractivity contribution in [3.8, 4) is 0 Å². The zero-order valence-corrected chi connectivity index (χ0v) is 19.0. The number of nitrogens with zero attached hydrogens (tertiary/aromatic N) is 2. The largest absolute Gasteiger partial charge is 0.305 e. The highest BCUT2D eigenvalue weighted by Gasteiger charge is 2.27. The second kappa shape index (κ2) is 10.3. The van der Waals surface area contributed by atoms with Crippen molar-refractivity contribution in [2.45, 2.75) is 4.90 Å². The molecule has 3 aromatic carbocycles. The van der Waals surface area contributed by atoms with Crippen LogP contribution in [0.2, 0.25) is 5.02 Å². The van der Waals surface area contributed by atoms with Crippen molar-refractivity contribution in [1.29, 1.82) is 0 Å². The number of para-hydroxylation sites is 2. The van der Waals surface area contributed by atoms with Crippen LogP contribution >= 0.6 is 11.6 Å². The molecule has 32 heavy (non-hydrogen) atoms. The smallest absolute Gasteiger partial charge is 0.264 e. The molecule has 164 valence electrons. The summed E-state index contributed by atoms with van der Waals surface area (Å²) in [5, 5.41) is 0.298. The number of benzene rings is 3. The van der Waals surface area contributed by atoms with Crippen LogP contribution in [0.1, 0.15) is 10.4 Å². The van der Waals surface area contributed by atoms with Crippen LogP contribution in [-0.2, 0) is 10.0 Å². The fourth-order valence-electron chi connectivity index (χ4n) is 3.21. The molecule has 0 bridgehead atoms. The van der Waals surface area contributed by atoms with Gasteiger partial charge in [0.2, 0.25) is 0 Å². The molecule has 0 aliphatic rings. The average Bonchev–Trinajstić information content (AvgIpc) is 2.82. The monoisotopic (exact) mass is 466 g/mol. The number of hydrogen-bond acceptors (Lipinski definition) is 3. The molecule has 0 heterocycles. The maximum atomic E-state index is 13.5. The van der Waals surface area contributed by atoms with Gasteiger partial charge < -0.3 is 4.90 Å². The highest BCUT2D eigenvalue weighted by atomic mass is 35.5. The average molecular weight is 467 g/mol. The lowest BCUT2D eigenvalue weighted by Gasteiger charge is -2.25. The van der Waals surface area contributed by atoms with Crippen molar-refractivity contribution in [3.05, 3.63) is 115 Å². The molecule has 0 atom stereocenters. The van der Waals surface area contributed by atoms with Crippen molar-refractivity contribution in [1.82, 2.24) is 0 Å². The molecule has 1 amide bonds. The molecule has 7 heteroatoms. The van der Waals surface area contributed by atoms with E-state index in [0.717, 1.165) is 0 Å². The maximum Gasteiger partial charge on any atom is 0.264 e. The number of halogens is 1. The van der Waals surface area contributed by atoms with Gasteiger partial charge in [0.05, 0.1) is 22.2 Å². The number of rotatable bonds is 9. The third-order valence-electron chi connectivity index (χ3n) is 4.71. The van der Waals surface area contributed by atoms with E-state index in [1.54, 1.807) is 42.5 Å². The Morgan fingerprint density at radius 1 is 0.875 bits per heavy atom. The zero-order chi connectivity index (χ0) is 23.1. The lowest BCUT2D eigenvalue weighted by atomic mass is 10.1. The molecule has 0 fully saturated rings. The van der Waals surface area contributed by atoms with E-state index in [9.17, 15) is 13.2 Å². The minimum absolute atomic E-state index is 0.0169. The summed E-state index contributed by atoms with van der Waals surface area (Å²) in [6, 6.07) is 21.8. The van der Waals surface area contributed by atoms with Gasteiger partial charge in [0.1, 0.15) is 0 Å². The van der Waals surface area contributed by atoms with E-state index in [0.29, 0.717) is 16.4 Å². The van der Waals surface area contributed by atoms with E-state index in [-0.39, 0.29) is 29.5 Å². The Kier molecular flexibility index (Phi) is 7.51. The van der Waals surface area contributed by atoms with Crippen molar-refractivity contribution in [3.63, 3.8) is 0 Å². The molecule has 0 radical (unpaired) electrons. The van der Waals surface area contributed by atoms with Crippen LogP contribution in [-0.4, -0.2) is 27.4 Å². The molecule has 0 saturated carbocycles. The van der Waals surface area contributed by atoms with E-state index < -0.39 is 10.0 Å². The summed E-state index contributed by atoms with van der Waals surface area (Å²) in [6.45, 7) is 7.70. The summed E-state index contributed by atoms with van der Waals surface area (Å²) < 4.78 is 28.2. The van der Waals surface area contributed by atoms with E-state index in [1.165, 1.54) is 27.4 Å². The van der Waals surface area contributed by atoms with E-state index in [1.807, 2.05) is 30.3 Å². The van der Waals surface area contributed by atoms with Gasteiger partial charge in [0, 0.05) is 17.8 Å². The molecule has 0 aliphatic carbocycles. The summed E-state index contributed by atoms with van der Waals surface area (Å²) >= 11 is 6.26. The molecule has 3 rings (SSSR count). The Morgan fingerprint density at radius 3 is 2.19 bits per heavy atom. The Balaban J connectivity index is 2.03. The second-order valence-corrected chi connectivity index (χ2v) is 9.11. The first-order valence-electron chi connectivity index (χ1n) is 9.86. The van der Waals surface area contributed by atoms with Gasteiger partial charge in [0.15, 0.2) is 0 Å². The van der Waals surface area contributed by atoms with Crippen LogP contribution < -0.4 is 9.21 Å². The third-order valence-corrected chi connectivity index (χ3v) is 6.81. The van der Waals surface area contributed by atoms with Gasteiger partial charge in [-0.2, -0.15) is 0 Å². The van der Waals surface area contributed by atoms with Gasteiger partial charge >= 0.3 is 0 Å². The minimum atomic E-state index is -4.01. The quantitative estimate of drug-likeness (QED) is 0.388. The van der Waals surface area contributed by atoms with Crippen LogP contribution in [0, 0.1) is 0 Å². The van der Waals surface area contributed by atoms with Gasteiger partial charge in [-0.05, 0) is 42.5 Å². The summed E-state index contributed by atoms with van der Waals surface area (Å²) in [5.41, 5.74) is 1.27. The topological polar surface area (TPSA) is 57.7 Å². The van der Waals surface area contributed by atoms with Gasteiger partial charge in [0.25, 0.3) is 15.9 Å². The van der Waals surface area contributed by atoms with E-state index in [4.69, 9.17) is 11.6 Å². The molecule has 0 N–H and O–H groups in total. The fourth-order valence-corrected chi connectivity index (χ4v) is 5.00. The summed E-state index contributed by atoms with van der Waals surface area (Å²) in [4.78, 5) is 14.8. The Morgan fingerprint density at radius 2 is 1.53 bits per heavy atom. The second-order valence-electron chi connectivity index (χ2n) is 6.84. The van der Waals surface area contributed by atoms with Crippen molar-refractivity contribution in [2.75, 3.05) is 22.3 Å². The summed E-state index contributed by atoms with van der Waals surface area (Å²) in [6.07, 6.45) is 3.10. The summed E-state index contributed by atoms with van der Waals surface area (Å²) in [5.74, 6) is -0.332. The van der Waals surface area contributed by atoms with Crippen LogP contribution in [0.15, 0.2) is 109 Å². The van der Waals surface area contributed by atoms with Crippen LogP contribution in [0.4, 0.5) is 11.4 Å². The molecular formula is C25H23ClN2O3S. The van der Waals surface area contributed by atoms with Crippen molar-refractivity contribution in [2.24, 2.45) is 0 Å². The first-order valence-corrected chi connectivity index (χ1v) is 11.7. The Labute approximate surface area is 193 Å². The lowest BCUT2D eigenvalue weighted by Crippen LogP contribution is -2.33. The van der Waals surface area contributed by atoms with Crippen molar-refractivity contribution < 1.29 is 13.2 Å². The third kappa shape index (κ3) is 4.93. The summed E-state index contributed by atoms with van der Waals surface area (Å²) in [7, 11) is -4.01. The maximum absolute atomic E-state index is 13.5. The predicted molar refractivity (Wildman–Crippen MR) is 131 cm³/mol. The Hall–Kier alpha value is -3.35. The van der Waals surface area contributed by atoms with Gasteiger partial charge in [-0.3, -0.25) is 9.10 Å². The minimum Gasteiger partial charge on any atom is -0.305 e. The number of carbonyl (C=O) groups is 1. The highest BCUT2D eigenvalue weighted by Crippen LogP contribution is 2.30. The molecule has 0 aromatic heterocycles. The van der Waals surface area contributed by atoms with Crippen LogP contribution in [0.25, 0.3) is 0 Å².